The van der Waals surface area contributed by atoms with Crippen molar-refractivity contribution in [1.82, 2.24) is 0 Å². The van der Waals surface area contributed by atoms with Crippen LogP contribution in [0.1, 0.15) is 40.0 Å². The molecule has 1 heterocycles. The Morgan fingerprint density at radius 1 is 1.64 bits per heavy atom. The summed E-state index contributed by atoms with van der Waals surface area (Å²) in [5, 5.41) is 0. The molecule has 2 heteroatoms. The Balaban J connectivity index is 2.58. The largest absolute Gasteiger partial charge is 0.371 e. The number of carbonyl (C=O) groups excluding carboxylic acids is 1. The van der Waals surface area contributed by atoms with Crippen LogP contribution in [0, 0.1) is 0 Å². The SMILES string of the molecule is CC[C@@H]1CC(=O)CC(C)(C)O1. The fourth-order valence-electron chi connectivity index (χ4n) is 1.56. The molecule has 1 saturated heterocycles. The summed E-state index contributed by atoms with van der Waals surface area (Å²) < 4.78 is 5.67. The molecular formula is C9H16O2. The van der Waals surface area contributed by atoms with Gasteiger partial charge in [0.05, 0.1) is 11.7 Å². The third-order valence-electron chi connectivity index (χ3n) is 2.02. The lowest BCUT2D eigenvalue weighted by atomic mass is 9.93. The molecule has 0 aromatic rings. The van der Waals surface area contributed by atoms with Crippen molar-refractivity contribution >= 4 is 5.78 Å². The molecule has 1 aliphatic heterocycles. The maximum atomic E-state index is 11.2. The topological polar surface area (TPSA) is 26.3 Å². The second kappa shape index (κ2) is 2.94. The van der Waals surface area contributed by atoms with E-state index in [4.69, 9.17) is 4.74 Å². The first-order valence-electron chi connectivity index (χ1n) is 4.23. The van der Waals surface area contributed by atoms with Crippen molar-refractivity contribution in [3.63, 3.8) is 0 Å². The Morgan fingerprint density at radius 3 is 2.73 bits per heavy atom. The van der Waals surface area contributed by atoms with E-state index in [0.717, 1.165) is 6.42 Å². The minimum atomic E-state index is -0.226. The number of Topliss-reactive ketones (excluding diaryl/α,β-unsaturated/α-hetero) is 1. The fraction of sp³-hybridized carbons (Fsp3) is 0.889. The third kappa shape index (κ3) is 2.29. The van der Waals surface area contributed by atoms with Gasteiger partial charge in [-0.2, -0.15) is 0 Å². The smallest absolute Gasteiger partial charge is 0.138 e. The van der Waals surface area contributed by atoms with E-state index in [0.29, 0.717) is 18.6 Å². The van der Waals surface area contributed by atoms with Gasteiger partial charge in [-0.15, -0.1) is 0 Å². The second-order valence-corrected chi connectivity index (χ2v) is 3.83. The van der Waals surface area contributed by atoms with Gasteiger partial charge in [-0.1, -0.05) is 6.92 Å². The molecule has 0 aromatic heterocycles. The lowest BCUT2D eigenvalue weighted by Gasteiger charge is -2.34. The highest BCUT2D eigenvalue weighted by Gasteiger charge is 2.32. The van der Waals surface area contributed by atoms with Crippen LogP contribution >= 0.6 is 0 Å². The van der Waals surface area contributed by atoms with E-state index >= 15 is 0 Å². The first-order chi connectivity index (χ1) is 5.03. The number of ketones is 1. The van der Waals surface area contributed by atoms with Gasteiger partial charge in [0.1, 0.15) is 5.78 Å². The monoisotopic (exact) mass is 156 g/mol. The molecule has 0 aromatic carbocycles. The summed E-state index contributed by atoms with van der Waals surface area (Å²) in [7, 11) is 0. The minimum absolute atomic E-state index is 0.159. The second-order valence-electron chi connectivity index (χ2n) is 3.83. The molecule has 64 valence electrons. The van der Waals surface area contributed by atoms with Crippen molar-refractivity contribution in [2.75, 3.05) is 0 Å². The lowest BCUT2D eigenvalue weighted by molar-refractivity contribution is -0.148. The molecule has 0 bridgehead atoms. The molecule has 0 unspecified atom stereocenters. The molecule has 0 N–H and O–H groups in total. The van der Waals surface area contributed by atoms with Gasteiger partial charge in [0.25, 0.3) is 0 Å². The van der Waals surface area contributed by atoms with Gasteiger partial charge in [-0.25, -0.2) is 0 Å². The van der Waals surface area contributed by atoms with E-state index in [2.05, 4.69) is 6.92 Å². The molecule has 0 saturated carbocycles. The van der Waals surface area contributed by atoms with Crippen LogP contribution in [-0.2, 0) is 9.53 Å². The number of rotatable bonds is 1. The average molecular weight is 156 g/mol. The molecule has 0 spiro atoms. The average Bonchev–Trinajstić information content (AvgIpc) is 1.83. The van der Waals surface area contributed by atoms with Gasteiger partial charge in [0.15, 0.2) is 0 Å². The summed E-state index contributed by atoms with van der Waals surface area (Å²) in [5.41, 5.74) is -0.226. The summed E-state index contributed by atoms with van der Waals surface area (Å²) in [5.74, 6) is 0.341. The molecule has 2 nitrogen and oxygen atoms in total. The summed E-state index contributed by atoms with van der Waals surface area (Å²) in [6.07, 6.45) is 2.28. The van der Waals surface area contributed by atoms with E-state index in [1.807, 2.05) is 13.8 Å². The molecule has 11 heavy (non-hydrogen) atoms. The van der Waals surface area contributed by atoms with Crippen LogP contribution < -0.4 is 0 Å². The highest BCUT2D eigenvalue weighted by molar-refractivity contribution is 5.80. The molecule has 0 radical (unpaired) electrons. The quantitative estimate of drug-likeness (QED) is 0.579. The normalized spacial score (nSPS) is 30.5. The lowest BCUT2D eigenvalue weighted by Crippen LogP contribution is -2.39. The van der Waals surface area contributed by atoms with Crippen molar-refractivity contribution in [2.45, 2.75) is 51.7 Å². The number of carbonyl (C=O) groups is 1. The van der Waals surface area contributed by atoms with Crippen molar-refractivity contribution in [1.29, 1.82) is 0 Å². The molecule has 1 aliphatic rings. The Kier molecular flexibility index (Phi) is 2.33. The van der Waals surface area contributed by atoms with Crippen molar-refractivity contribution in [3.8, 4) is 0 Å². The molecule has 0 aliphatic carbocycles. The zero-order valence-electron chi connectivity index (χ0n) is 7.52. The van der Waals surface area contributed by atoms with Crippen LogP contribution in [0.2, 0.25) is 0 Å². The van der Waals surface area contributed by atoms with Gasteiger partial charge in [-0.05, 0) is 20.3 Å². The first kappa shape index (κ1) is 8.72. The van der Waals surface area contributed by atoms with E-state index in [-0.39, 0.29) is 11.7 Å². The molecule has 1 fully saturated rings. The summed E-state index contributed by atoms with van der Waals surface area (Å²) >= 11 is 0. The zero-order valence-corrected chi connectivity index (χ0v) is 7.52. The van der Waals surface area contributed by atoms with E-state index in [1.165, 1.54) is 0 Å². The molecular weight excluding hydrogens is 140 g/mol. The van der Waals surface area contributed by atoms with Crippen LogP contribution in [0.3, 0.4) is 0 Å². The van der Waals surface area contributed by atoms with Crippen molar-refractivity contribution in [3.05, 3.63) is 0 Å². The van der Waals surface area contributed by atoms with Gasteiger partial charge in [-0.3, -0.25) is 4.79 Å². The maximum Gasteiger partial charge on any atom is 0.138 e. The molecule has 1 atom stereocenters. The first-order valence-corrected chi connectivity index (χ1v) is 4.23. The molecule has 0 amide bonds. The Bertz CT molecular complexity index is 161. The summed E-state index contributed by atoms with van der Waals surface area (Å²) in [6, 6.07) is 0. The Hall–Kier alpha value is -0.370. The Morgan fingerprint density at radius 2 is 2.27 bits per heavy atom. The van der Waals surface area contributed by atoms with E-state index in [9.17, 15) is 4.79 Å². The number of ether oxygens (including phenoxy) is 1. The van der Waals surface area contributed by atoms with Gasteiger partial charge < -0.3 is 4.74 Å². The van der Waals surface area contributed by atoms with E-state index < -0.39 is 0 Å². The number of hydrogen-bond acceptors (Lipinski definition) is 2. The summed E-state index contributed by atoms with van der Waals surface area (Å²) in [6.45, 7) is 6.01. The van der Waals surface area contributed by atoms with Crippen molar-refractivity contribution < 1.29 is 9.53 Å². The van der Waals surface area contributed by atoms with E-state index in [1.54, 1.807) is 0 Å². The summed E-state index contributed by atoms with van der Waals surface area (Å²) in [4.78, 5) is 11.2. The minimum Gasteiger partial charge on any atom is -0.371 e. The highest BCUT2D eigenvalue weighted by atomic mass is 16.5. The van der Waals surface area contributed by atoms with Crippen LogP contribution in [0.5, 0.6) is 0 Å². The van der Waals surface area contributed by atoms with Crippen LogP contribution in [0.4, 0.5) is 0 Å². The fourth-order valence-corrected chi connectivity index (χ4v) is 1.56. The molecule has 1 rings (SSSR count). The predicted octanol–water partition coefficient (Wildman–Crippen LogP) is 1.92. The zero-order chi connectivity index (χ0) is 8.48. The maximum absolute atomic E-state index is 11.2. The van der Waals surface area contributed by atoms with Gasteiger partial charge in [0, 0.05) is 12.8 Å². The van der Waals surface area contributed by atoms with Crippen molar-refractivity contribution in [2.24, 2.45) is 0 Å². The third-order valence-corrected chi connectivity index (χ3v) is 2.02. The van der Waals surface area contributed by atoms with Gasteiger partial charge in [0.2, 0.25) is 0 Å². The van der Waals surface area contributed by atoms with Crippen LogP contribution in [-0.4, -0.2) is 17.5 Å². The highest BCUT2D eigenvalue weighted by Crippen LogP contribution is 2.26. The number of hydrogen-bond donors (Lipinski definition) is 0. The predicted molar refractivity (Wildman–Crippen MR) is 43.5 cm³/mol. The standard InChI is InChI=1S/C9H16O2/c1-4-8-5-7(10)6-9(2,3)11-8/h8H,4-6H2,1-3H3/t8-/m1/s1. The van der Waals surface area contributed by atoms with Crippen LogP contribution in [0.15, 0.2) is 0 Å². The van der Waals surface area contributed by atoms with Gasteiger partial charge >= 0.3 is 0 Å². The van der Waals surface area contributed by atoms with Crippen LogP contribution in [0.25, 0.3) is 0 Å². The Labute approximate surface area is 67.9 Å².